The summed E-state index contributed by atoms with van der Waals surface area (Å²) in [6.45, 7) is 8.58. The number of anilines is 2. The van der Waals surface area contributed by atoms with Crippen molar-refractivity contribution in [3.63, 3.8) is 0 Å². The summed E-state index contributed by atoms with van der Waals surface area (Å²) in [6, 6.07) is 14.0. The fraction of sp³-hybridized carbons (Fsp3) is 0.370. The van der Waals surface area contributed by atoms with Crippen LogP contribution in [0.15, 0.2) is 54.6 Å². The van der Waals surface area contributed by atoms with Crippen molar-refractivity contribution in [1.82, 2.24) is 14.9 Å². The van der Waals surface area contributed by atoms with Crippen molar-refractivity contribution < 1.29 is 18.0 Å². The number of nitrogens with one attached hydrogen (secondary N) is 1. The Morgan fingerprint density at radius 1 is 0.944 bits per heavy atom. The topological polar surface area (TPSA) is 61.4 Å². The van der Waals surface area contributed by atoms with Crippen molar-refractivity contribution in [2.24, 2.45) is 0 Å². The number of aryl methyl sites for hydroxylation is 1. The van der Waals surface area contributed by atoms with Crippen LogP contribution < -0.4 is 10.2 Å². The molecule has 1 N–H and O–H groups in total. The lowest BCUT2D eigenvalue weighted by atomic mass is 10.0. The highest BCUT2D eigenvalue weighted by Gasteiger charge is 2.30. The number of nitrogens with zero attached hydrogens (tertiary/aromatic N) is 4. The number of hydrogen-bond donors (Lipinski definition) is 1. The second-order valence-corrected chi connectivity index (χ2v) is 9.22. The van der Waals surface area contributed by atoms with Crippen LogP contribution in [0.5, 0.6) is 0 Å². The molecule has 2 aromatic carbocycles. The number of alkyl halides is 3. The summed E-state index contributed by atoms with van der Waals surface area (Å²) in [5.41, 5.74) is 2.56. The van der Waals surface area contributed by atoms with E-state index in [1.54, 1.807) is 4.90 Å². The lowest BCUT2D eigenvalue weighted by Crippen LogP contribution is -2.38. The Morgan fingerprint density at radius 2 is 1.64 bits per heavy atom. The Hall–Kier alpha value is -3.62. The highest BCUT2D eigenvalue weighted by Crippen LogP contribution is 2.32. The maximum atomic E-state index is 12.9. The molecule has 1 aliphatic heterocycles. The molecule has 3 aromatic rings. The summed E-state index contributed by atoms with van der Waals surface area (Å²) in [6.07, 6.45) is -3.67. The number of carbonyl (C=O) groups is 1. The van der Waals surface area contributed by atoms with Gasteiger partial charge in [-0.05, 0) is 43.5 Å². The highest BCUT2D eigenvalue weighted by molar-refractivity contribution is 5.89. The van der Waals surface area contributed by atoms with Crippen LogP contribution in [0.25, 0.3) is 11.4 Å². The first-order chi connectivity index (χ1) is 17.1. The molecular formula is C27H30F3N5O. The predicted molar refractivity (Wildman–Crippen MR) is 135 cm³/mol. The molecule has 1 saturated heterocycles. The molecule has 0 aliphatic carbocycles. The standard InChI is InChI=1S/C27H30F3N5O/c1-18(2)23-19(3)31-24(20-8-5-4-6-9-20)33-25(23)34-14-7-15-35(17-16-34)26(36)32-22-12-10-21(11-13-22)27(28,29)30/h4-6,8-13,18H,7,14-17H2,1-3H3,(H,32,36). The van der Waals surface area contributed by atoms with Gasteiger partial charge in [-0.1, -0.05) is 44.2 Å². The van der Waals surface area contributed by atoms with Crippen molar-refractivity contribution in [2.45, 2.75) is 39.3 Å². The Kier molecular flexibility index (Phi) is 7.47. The quantitative estimate of drug-likeness (QED) is 0.457. The second-order valence-electron chi connectivity index (χ2n) is 9.22. The van der Waals surface area contributed by atoms with Gasteiger partial charge in [-0.3, -0.25) is 0 Å². The van der Waals surface area contributed by atoms with Crippen LogP contribution in [-0.4, -0.2) is 47.1 Å². The summed E-state index contributed by atoms with van der Waals surface area (Å²) >= 11 is 0. The van der Waals surface area contributed by atoms with Gasteiger partial charge in [0.1, 0.15) is 5.82 Å². The van der Waals surface area contributed by atoms with E-state index >= 15 is 0 Å². The monoisotopic (exact) mass is 497 g/mol. The SMILES string of the molecule is Cc1nc(-c2ccccc2)nc(N2CCCN(C(=O)Nc3ccc(C(F)(F)F)cc3)CC2)c1C(C)C. The van der Waals surface area contributed by atoms with E-state index in [0.717, 1.165) is 47.7 Å². The van der Waals surface area contributed by atoms with Gasteiger partial charge < -0.3 is 15.1 Å². The highest BCUT2D eigenvalue weighted by atomic mass is 19.4. The minimum atomic E-state index is -4.41. The average molecular weight is 498 g/mol. The molecule has 190 valence electrons. The van der Waals surface area contributed by atoms with E-state index in [-0.39, 0.29) is 11.9 Å². The van der Waals surface area contributed by atoms with Crippen molar-refractivity contribution in [3.8, 4) is 11.4 Å². The molecule has 1 aliphatic rings. The molecule has 0 saturated carbocycles. The Labute approximate surface area is 209 Å². The molecule has 6 nitrogen and oxygen atoms in total. The minimum Gasteiger partial charge on any atom is -0.354 e. The lowest BCUT2D eigenvalue weighted by Gasteiger charge is -2.27. The van der Waals surface area contributed by atoms with Gasteiger partial charge in [0, 0.05) is 48.7 Å². The van der Waals surface area contributed by atoms with Crippen molar-refractivity contribution >= 4 is 17.5 Å². The summed E-state index contributed by atoms with van der Waals surface area (Å²) < 4.78 is 38.4. The van der Waals surface area contributed by atoms with Crippen LogP contribution in [0.1, 0.15) is 43.0 Å². The Balaban J connectivity index is 1.50. The molecule has 0 spiro atoms. The summed E-state index contributed by atoms with van der Waals surface area (Å²) in [4.78, 5) is 26.5. The van der Waals surface area contributed by atoms with Gasteiger partial charge in [0.05, 0.1) is 5.56 Å². The van der Waals surface area contributed by atoms with Crippen LogP contribution in [0, 0.1) is 6.92 Å². The second kappa shape index (κ2) is 10.6. The third-order valence-corrected chi connectivity index (χ3v) is 6.27. The van der Waals surface area contributed by atoms with Crippen LogP contribution in [-0.2, 0) is 6.18 Å². The van der Waals surface area contributed by atoms with Gasteiger partial charge in [0.15, 0.2) is 5.82 Å². The number of halogens is 3. The Bertz CT molecular complexity index is 1200. The van der Waals surface area contributed by atoms with Gasteiger partial charge in [0.2, 0.25) is 0 Å². The third kappa shape index (κ3) is 5.78. The first-order valence-electron chi connectivity index (χ1n) is 12.1. The molecule has 2 heterocycles. The fourth-order valence-electron chi connectivity index (χ4n) is 4.48. The zero-order chi connectivity index (χ0) is 25.9. The van der Waals surface area contributed by atoms with Crippen LogP contribution in [0.4, 0.5) is 29.5 Å². The molecule has 0 bridgehead atoms. The van der Waals surface area contributed by atoms with E-state index in [4.69, 9.17) is 9.97 Å². The van der Waals surface area contributed by atoms with Crippen LogP contribution in [0.3, 0.4) is 0 Å². The molecule has 36 heavy (non-hydrogen) atoms. The smallest absolute Gasteiger partial charge is 0.354 e. The fourth-order valence-corrected chi connectivity index (χ4v) is 4.48. The first-order valence-corrected chi connectivity index (χ1v) is 12.1. The molecule has 4 rings (SSSR count). The van der Waals surface area contributed by atoms with Crippen molar-refractivity contribution in [1.29, 1.82) is 0 Å². The average Bonchev–Trinajstić information content (AvgIpc) is 3.10. The maximum absolute atomic E-state index is 12.9. The number of benzene rings is 2. The van der Waals surface area contributed by atoms with Gasteiger partial charge in [-0.2, -0.15) is 13.2 Å². The summed E-state index contributed by atoms with van der Waals surface area (Å²) in [7, 11) is 0. The third-order valence-electron chi connectivity index (χ3n) is 6.27. The zero-order valence-corrected chi connectivity index (χ0v) is 20.6. The van der Waals surface area contributed by atoms with Gasteiger partial charge in [0.25, 0.3) is 0 Å². The number of aromatic nitrogens is 2. The molecule has 0 atom stereocenters. The van der Waals surface area contributed by atoms with E-state index in [1.165, 1.54) is 12.1 Å². The normalized spacial score (nSPS) is 14.6. The Morgan fingerprint density at radius 3 is 2.28 bits per heavy atom. The predicted octanol–water partition coefficient (Wildman–Crippen LogP) is 6.34. The largest absolute Gasteiger partial charge is 0.416 e. The van der Waals surface area contributed by atoms with Crippen LogP contribution in [0.2, 0.25) is 0 Å². The van der Waals surface area contributed by atoms with E-state index in [0.29, 0.717) is 31.1 Å². The number of carbonyl (C=O) groups excluding carboxylic acids is 1. The molecule has 0 unspecified atom stereocenters. The van der Waals surface area contributed by atoms with Crippen molar-refractivity contribution in [3.05, 3.63) is 71.4 Å². The van der Waals surface area contributed by atoms with Gasteiger partial charge in [-0.25, -0.2) is 14.8 Å². The van der Waals surface area contributed by atoms with E-state index in [2.05, 4.69) is 24.1 Å². The van der Waals surface area contributed by atoms with E-state index in [1.807, 2.05) is 37.3 Å². The van der Waals surface area contributed by atoms with E-state index < -0.39 is 11.7 Å². The van der Waals surface area contributed by atoms with Crippen LogP contribution >= 0.6 is 0 Å². The molecule has 1 fully saturated rings. The number of hydrogen-bond acceptors (Lipinski definition) is 4. The molecule has 2 amide bonds. The lowest BCUT2D eigenvalue weighted by molar-refractivity contribution is -0.137. The molecule has 1 aromatic heterocycles. The van der Waals surface area contributed by atoms with Gasteiger partial charge in [-0.15, -0.1) is 0 Å². The number of urea groups is 1. The number of rotatable bonds is 4. The molecule has 0 radical (unpaired) electrons. The summed E-state index contributed by atoms with van der Waals surface area (Å²) in [5.74, 6) is 1.79. The number of amides is 2. The zero-order valence-electron chi connectivity index (χ0n) is 20.6. The minimum absolute atomic E-state index is 0.229. The van der Waals surface area contributed by atoms with E-state index in [9.17, 15) is 18.0 Å². The summed E-state index contributed by atoms with van der Waals surface area (Å²) in [5, 5.41) is 2.72. The molecule has 9 heteroatoms. The molecular weight excluding hydrogens is 467 g/mol. The first kappa shape index (κ1) is 25.5. The maximum Gasteiger partial charge on any atom is 0.416 e. The van der Waals surface area contributed by atoms with Crippen molar-refractivity contribution in [2.75, 3.05) is 36.4 Å². The van der Waals surface area contributed by atoms with Gasteiger partial charge >= 0.3 is 12.2 Å².